The number of aliphatic imine (C=N–C) groups is 1. The van der Waals surface area contributed by atoms with Gasteiger partial charge in [-0.25, -0.2) is 4.79 Å². The lowest BCUT2D eigenvalue weighted by Crippen LogP contribution is -2.47. The van der Waals surface area contributed by atoms with E-state index in [0.29, 0.717) is 0 Å². The summed E-state index contributed by atoms with van der Waals surface area (Å²) >= 11 is 0. The van der Waals surface area contributed by atoms with E-state index in [1.807, 2.05) is 0 Å². The van der Waals surface area contributed by atoms with Crippen molar-refractivity contribution in [3.05, 3.63) is 25.3 Å². The maximum Gasteiger partial charge on any atom is 0.236 e. The lowest BCUT2D eigenvalue weighted by Gasteiger charge is -2.20. The van der Waals surface area contributed by atoms with Crippen LogP contribution < -0.4 is 0 Å². The highest BCUT2D eigenvalue weighted by molar-refractivity contribution is 6.20. The zero-order chi connectivity index (χ0) is 11.9. The molecular formula is C10H11NO4. The Labute approximate surface area is 87.1 Å². The van der Waals surface area contributed by atoms with E-state index in [2.05, 4.69) is 18.2 Å². The van der Waals surface area contributed by atoms with Crippen LogP contribution in [-0.2, 0) is 19.1 Å². The molecule has 80 valence electrons. The minimum absolute atomic E-state index is 0.349. The van der Waals surface area contributed by atoms with Crippen LogP contribution in [-0.4, -0.2) is 36.9 Å². The fourth-order valence-electron chi connectivity index (χ4n) is 1.03. The highest BCUT2D eigenvalue weighted by Crippen LogP contribution is 2.16. The molecule has 0 spiro atoms. The number of nitrogens with zero attached hydrogens (tertiary/aromatic N) is 1. The smallest absolute Gasteiger partial charge is 0.236 e. The molecule has 5 nitrogen and oxygen atoms in total. The summed E-state index contributed by atoms with van der Waals surface area (Å²) in [6.45, 7) is 6.10. The van der Waals surface area contributed by atoms with E-state index in [4.69, 9.17) is 4.74 Å². The zero-order valence-corrected chi connectivity index (χ0v) is 8.36. The van der Waals surface area contributed by atoms with Gasteiger partial charge in [-0.05, 0) is 12.2 Å². The van der Waals surface area contributed by atoms with Gasteiger partial charge in [-0.15, -0.1) is 0 Å². The van der Waals surface area contributed by atoms with Crippen LogP contribution in [0.5, 0.6) is 0 Å². The largest absolute Gasteiger partial charge is 0.381 e. The lowest BCUT2D eigenvalue weighted by molar-refractivity contribution is -0.131. The second-order valence-electron chi connectivity index (χ2n) is 2.63. The van der Waals surface area contributed by atoms with E-state index >= 15 is 0 Å². The molecule has 0 radical (unpaired) electrons. The van der Waals surface area contributed by atoms with E-state index in [1.165, 1.54) is 13.2 Å². The van der Waals surface area contributed by atoms with Gasteiger partial charge >= 0.3 is 0 Å². The van der Waals surface area contributed by atoms with Crippen LogP contribution in [0.3, 0.4) is 0 Å². The molecule has 0 amide bonds. The molecule has 5 heteroatoms. The van der Waals surface area contributed by atoms with E-state index in [-0.39, 0.29) is 6.61 Å². The van der Waals surface area contributed by atoms with Gasteiger partial charge in [0.05, 0.1) is 6.61 Å². The molecule has 0 rings (SSSR count). The summed E-state index contributed by atoms with van der Waals surface area (Å²) in [4.78, 5) is 36.4. The van der Waals surface area contributed by atoms with Gasteiger partial charge in [-0.2, -0.15) is 4.99 Å². The molecule has 0 aromatic carbocycles. The Hall–Kier alpha value is -1.84. The third-order valence-corrected chi connectivity index (χ3v) is 1.78. The van der Waals surface area contributed by atoms with Crippen molar-refractivity contribution in [2.24, 2.45) is 4.99 Å². The molecule has 0 aliphatic heterocycles. The maximum atomic E-state index is 11.5. The van der Waals surface area contributed by atoms with Crippen molar-refractivity contribution in [3.8, 4) is 0 Å². The Kier molecular flexibility index (Phi) is 5.09. The third kappa shape index (κ3) is 2.56. The molecule has 0 aromatic heterocycles. The van der Waals surface area contributed by atoms with Crippen LogP contribution in [0.4, 0.5) is 0 Å². The molecule has 0 heterocycles. The number of isocyanates is 1. The molecule has 0 unspecified atom stereocenters. The second kappa shape index (κ2) is 5.80. The first kappa shape index (κ1) is 13.2. The van der Waals surface area contributed by atoms with Crippen LogP contribution in [0.1, 0.15) is 0 Å². The van der Waals surface area contributed by atoms with Gasteiger partial charge in [0, 0.05) is 7.11 Å². The SMILES string of the molecule is C=CC(=O)C(COC)(N=C=O)C(=O)C=C. The Bertz CT molecular complexity index is 319. The van der Waals surface area contributed by atoms with Gasteiger partial charge in [0.15, 0.2) is 11.6 Å². The van der Waals surface area contributed by atoms with Crippen LogP contribution in [0.15, 0.2) is 30.3 Å². The van der Waals surface area contributed by atoms with Gasteiger partial charge in [0.25, 0.3) is 0 Å². The van der Waals surface area contributed by atoms with Gasteiger partial charge in [0.2, 0.25) is 11.6 Å². The quantitative estimate of drug-likeness (QED) is 0.260. The number of methoxy groups -OCH3 is 1. The molecule has 0 aromatic rings. The zero-order valence-electron chi connectivity index (χ0n) is 8.36. The first-order valence-electron chi connectivity index (χ1n) is 4.00. The number of rotatable bonds is 7. The van der Waals surface area contributed by atoms with Gasteiger partial charge < -0.3 is 4.74 Å². The van der Waals surface area contributed by atoms with Crippen molar-refractivity contribution in [2.75, 3.05) is 13.7 Å². The van der Waals surface area contributed by atoms with E-state index < -0.39 is 17.1 Å². The van der Waals surface area contributed by atoms with Gasteiger partial charge in [-0.1, -0.05) is 13.2 Å². The number of hydrogen-bond acceptors (Lipinski definition) is 5. The Morgan fingerprint density at radius 1 is 1.40 bits per heavy atom. The topological polar surface area (TPSA) is 72.8 Å². The van der Waals surface area contributed by atoms with E-state index in [9.17, 15) is 14.4 Å². The maximum absolute atomic E-state index is 11.5. The minimum Gasteiger partial charge on any atom is -0.381 e. The first-order chi connectivity index (χ1) is 7.08. The standard InChI is InChI=1S/C10H11NO4/c1-4-8(13)10(6-15-3,11-7-12)9(14)5-2/h4-5H,1-2,6H2,3H3. The monoisotopic (exact) mass is 209 g/mol. The van der Waals surface area contributed by atoms with E-state index in [1.54, 1.807) is 0 Å². The molecule has 0 aliphatic rings. The highest BCUT2D eigenvalue weighted by atomic mass is 16.5. The van der Waals surface area contributed by atoms with Crippen LogP contribution in [0.2, 0.25) is 0 Å². The molecule has 0 saturated heterocycles. The van der Waals surface area contributed by atoms with Crippen LogP contribution in [0, 0.1) is 0 Å². The number of carbonyl (C=O) groups excluding carboxylic acids is 3. The number of hydrogen-bond donors (Lipinski definition) is 0. The molecule has 0 bridgehead atoms. The summed E-state index contributed by atoms with van der Waals surface area (Å²) in [5, 5.41) is 0. The number of ketones is 2. The normalized spacial score (nSPS) is 9.93. The molecule has 0 aliphatic carbocycles. The fraction of sp³-hybridized carbons (Fsp3) is 0.300. The van der Waals surface area contributed by atoms with Crippen molar-refractivity contribution in [2.45, 2.75) is 5.54 Å². The molecular weight excluding hydrogens is 198 g/mol. The summed E-state index contributed by atoms with van der Waals surface area (Å²) in [5.41, 5.74) is -1.92. The highest BCUT2D eigenvalue weighted by Gasteiger charge is 2.43. The lowest BCUT2D eigenvalue weighted by atomic mass is 9.90. The van der Waals surface area contributed by atoms with Crippen molar-refractivity contribution in [3.63, 3.8) is 0 Å². The molecule has 0 saturated carbocycles. The Balaban J connectivity index is 5.53. The first-order valence-corrected chi connectivity index (χ1v) is 4.00. The fourth-order valence-corrected chi connectivity index (χ4v) is 1.03. The summed E-state index contributed by atoms with van der Waals surface area (Å²) in [6.07, 6.45) is 2.99. The van der Waals surface area contributed by atoms with Crippen molar-refractivity contribution < 1.29 is 19.1 Å². The average Bonchev–Trinajstić information content (AvgIpc) is 2.26. The summed E-state index contributed by atoms with van der Waals surface area (Å²) in [5.74, 6) is -1.45. The van der Waals surface area contributed by atoms with Crippen molar-refractivity contribution >= 4 is 17.6 Å². The molecule has 15 heavy (non-hydrogen) atoms. The average molecular weight is 209 g/mol. The molecule has 0 N–H and O–H groups in total. The van der Waals surface area contributed by atoms with Crippen LogP contribution >= 0.6 is 0 Å². The van der Waals surface area contributed by atoms with E-state index in [0.717, 1.165) is 12.2 Å². The predicted molar refractivity (Wildman–Crippen MR) is 53.1 cm³/mol. The van der Waals surface area contributed by atoms with Crippen LogP contribution in [0.25, 0.3) is 0 Å². The van der Waals surface area contributed by atoms with Crippen molar-refractivity contribution in [1.82, 2.24) is 0 Å². The Morgan fingerprint density at radius 2 is 1.87 bits per heavy atom. The van der Waals surface area contributed by atoms with Gasteiger partial charge in [-0.3, -0.25) is 9.59 Å². The molecule has 0 atom stereocenters. The minimum atomic E-state index is -1.92. The van der Waals surface area contributed by atoms with Gasteiger partial charge in [0.1, 0.15) is 0 Å². The summed E-state index contributed by atoms with van der Waals surface area (Å²) in [7, 11) is 1.28. The third-order valence-electron chi connectivity index (χ3n) is 1.78. The number of carbonyl (C=O) groups is 2. The number of ether oxygens (including phenoxy) is 1. The summed E-state index contributed by atoms with van der Waals surface area (Å²) < 4.78 is 4.70. The predicted octanol–water partition coefficient (Wildman–Crippen LogP) is 0.218. The molecule has 0 fully saturated rings. The summed E-state index contributed by atoms with van der Waals surface area (Å²) in [6, 6.07) is 0. The van der Waals surface area contributed by atoms with Crippen molar-refractivity contribution in [1.29, 1.82) is 0 Å². The second-order valence-corrected chi connectivity index (χ2v) is 2.63. The Morgan fingerprint density at radius 3 is 2.13 bits per heavy atom.